The maximum atomic E-state index is 5.95. The Morgan fingerprint density at radius 3 is 2.46 bits per heavy atom. The van der Waals surface area contributed by atoms with Crippen LogP contribution in [0.2, 0.25) is 0 Å². The summed E-state index contributed by atoms with van der Waals surface area (Å²) in [7, 11) is 1.66. The van der Waals surface area contributed by atoms with Crippen molar-refractivity contribution < 1.29 is 9.47 Å². The van der Waals surface area contributed by atoms with Crippen LogP contribution in [-0.4, -0.2) is 30.1 Å². The van der Waals surface area contributed by atoms with Crippen molar-refractivity contribution >= 4 is 33.1 Å². The van der Waals surface area contributed by atoms with Gasteiger partial charge in [0.2, 0.25) is 0 Å². The van der Waals surface area contributed by atoms with Gasteiger partial charge >= 0.3 is 0 Å². The molecular formula is C21H24BrNO2S. The Bertz CT molecular complexity index is 755. The molecule has 26 heavy (non-hydrogen) atoms. The van der Waals surface area contributed by atoms with E-state index in [1.165, 1.54) is 12.8 Å². The van der Waals surface area contributed by atoms with E-state index in [0.29, 0.717) is 12.4 Å². The molecule has 0 aromatic heterocycles. The zero-order valence-corrected chi connectivity index (χ0v) is 17.6. The number of methoxy groups -OCH3 is 1. The molecule has 2 aromatic carbocycles. The Morgan fingerprint density at radius 1 is 1.12 bits per heavy atom. The van der Waals surface area contributed by atoms with Crippen molar-refractivity contribution in [1.29, 1.82) is 0 Å². The van der Waals surface area contributed by atoms with E-state index in [-0.39, 0.29) is 0 Å². The van der Waals surface area contributed by atoms with Crippen LogP contribution in [0.15, 0.2) is 46.9 Å². The number of piperidine rings is 1. The number of benzene rings is 2. The lowest BCUT2D eigenvalue weighted by atomic mass is 9.99. The first kappa shape index (κ1) is 19.2. The Kier molecular flexibility index (Phi) is 6.54. The lowest BCUT2D eigenvalue weighted by molar-refractivity contribution is 0.282. The van der Waals surface area contributed by atoms with E-state index in [4.69, 9.17) is 21.7 Å². The molecule has 0 saturated carbocycles. The highest BCUT2D eigenvalue weighted by atomic mass is 79.9. The summed E-state index contributed by atoms with van der Waals surface area (Å²) >= 11 is 9.15. The van der Waals surface area contributed by atoms with Crippen LogP contribution >= 0.6 is 28.1 Å². The molecule has 1 aliphatic heterocycles. The molecule has 0 amide bonds. The zero-order valence-electron chi connectivity index (χ0n) is 15.2. The lowest BCUT2D eigenvalue weighted by Gasteiger charge is -2.32. The van der Waals surface area contributed by atoms with Gasteiger partial charge in [-0.25, -0.2) is 0 Å². The largest absolute Gasteiger partial charge is 0.493 e. The highest BCUT2D eigenvalue weighted by Gasteiger charge is 2.19. The van der Waals surface area contributed by atoms with Crippen molar-refractivity contribution in [3.05, 3.63) is 58.1 Å². The average Bonchev–Trinajstić information content (AvgIpc) is 2.67. The van der Waals surface area contributed by atoms with Crippen molar-refractivity contribution in [1.82, 2.24) is 4.90 Å². The summed E-state index contributed by atoms with van der Waals surface area (Å²) in [6, 6.07) is 14.1. The second kappa shape index (κ2) is 8.87. The molecule has 1 fully saturated rings. The molecule has 1 saturated heterocycles. The SMILES string of the molecule is COc1cc(C(=S)N2CCC(C)CC2)ccc1OCc1ccc(Br)cc1. The molecule has 5 heteroatoms. The van der Waals surface area contributed by atoms with Gasteiger partial charge in [0.25, 0.3) is 0 Å². The van der Waals surface area contributed by atoms with Gasteiger partial charge in [-0.05, 0) is 54.7 Å². The first-order valence-electron chi connectivity index (χ1n) is 8.91. The molecule has 0 atom stereocenters. The normalized spacial score (nSPS) is 15.0. The molecule has 3 nitrogen and oxygen atoms in total. The van der Waals surface area contributed by atoms with E-state index in [9.17, 15) is 0 Å². The number of thiocarbonyl (C=S) groups is 1. The summed E-state index contributed by atoms with van der Waals surface area (Å²) in [4.78, 5) is 3.20. The van der Waals surface area contributed by atoms with Gasteiger partial charge in [0, 0.05) is 23.1 Å². The molecule has 1 aliphatic rings. The summed E-state index contributed by atoms with van der Waals surface area (Å²) in [6.07, 6.45) is 2.40. The third-order valence-electron chi connectivity index (χ3n) is 4.79. The number of rotatable bonds is 5. The van der Waals surface area contributed by atoms with Crippen LogP contribution in [0.5, 0.6) is 11.5 Å². The van der Waals surface area contributed by atoms with Crippen LogP contribution in [0, 0.1) is 5.92 Å². The maximum Gasteiger partial charge on any atom is 0.161 e. The van der Waals surface area contributed by atoms with Crippen LogP contribution in [0.25, 0.3) is 0 Å². The molecule has 138 valence electrons. The Balaban J connectivity index is 1.68. The average molecular weight is 434 g/mol. The third-order valence-corrected chi connectivity index (χ3v) is 5.81. The summed E-state index contributed by atoms with van der Waals surface area (Å²) in [5.74, 6) is 2.24. The number of likely N-dealkylation sites (tertiary alicyclic amines) is 1. The van der Waals surface area contributed by atoms with Crippen LogP contribution in [0.3, 0.4) is 0 Å². The third kappa shape index (κ3) is 4.77. The first-order valence-corrected chi connectivity index (χ1v) is 10.1. The van der Waals surface area contributed by atoms with Crippen LogP contribution in [0.1, 0.15) is 30.9 Å². The van der Waals surface area contributed by atoms with Crippen LogP contribution < -0.4 is 9.47 Å². The van der Waals surface area contributed by atoms with Gasteiger partial charge in [0.15, 0.2) is 11.5 Å². The minimum atomic E-state index is 0.497. The molecule has 0 radical (unpaired) electrons. The molecular weight excluding hydrogens is 410 g/mol. The van der Waals surface area contributed by atoms with Gasteiger partial charge in [0.1, 0.15) is 11.6 Å². The zero-order chi connectivity index (χ0) is 18.5. The summed E-state index contributed by atoms with van der Waals surface area (Å²) in [5.41, 5.74) is 2.12. The molecule has 3 rings (SSSR count). The molecule has 0 unspecified atom stereocenters. The second-order valence-electron chi connectivity index (χ2n) is 6.76. The van der Waals surface area contributed by atoms with Crippen molar-refractivity contribution in [3.63, 3.8) is 0 Å². The monoisotopic (exact) mass is 433 g/mol. The van der Waals surface area contributed by atoms with E-state index in [0.717, 1.165) is 45.3 Å². The van der Waals surface area contributed by atoms with Crippen LogP contribution in [0.4, 0.5) is 0 Å². The van der Waals surface area contributed by atoms with Crippen molar-refractivity contribution in [2.75, 3.05) is 20.2 Å². The van der Waals surface area contributed by atoms with Crippen molar-refractivity contribution in [3.8, 4) is 11.5 Å². The van der Waals surface area contributed by atoms with Gasteiger partial charge in [0.05, 0.1) is 7.11 Å². The maximum absolute atomic E-state index is 5.95. The van der Waals surface area contributed by atoms with Crippen LogP contribution in [-0.2, 0) is 6.61 Å². The van der Waals surface area contributed by atoms with Gasteiger partial charge in [-0.15, -0.1) is 0 Å². The smallest absolute Gasteiger partial charge is 0.161 e. The van der Waals surface area contributed by atoms with Gasteiger partial charge in [-0.1, -0.05) is 47.2 Å². The standard InChI is InChI=1S/C21H24BrNO2S/c1-15-9-11-23(12-10-15)21(26)17-5-8-19(20(13-17)24-2)25-14-16-3-6-18(22)7-4-16/h3-8,13,15H,9-12,14H2,1-2H3. The lowest BCUT2D eigenvalue weighted by Crippen LogP contribution is -2.37. The minimum absolute atomic E-state index is 0.497. The fraction of sp³-hybridized carbons (Fsp3) is 0.381. The highest BCUT2D eigenvalue weighted by molar-refractivity contribution is 9.10. The quantitative estimate of drug-likeness (QED) is 0.584. The topological polar surface area (TPSA) is 21.7 Å². The minimum Gasteiger partial charge on any atom is -0.493 e. The number of hydrogen-bond donors (Lipinski definition) is 0. The Morgan fingerprint density at radius 2 is 1.81 bits per heavy atom. The predicted molar refractivity (Wildman–Crippen MR) is 113 cm³/mol. The van der Waals surface area contributed by atoms with E-state index < -0.39 is 0 Å². The Labute approximate surface area is 169 Å². The number of halogens is 1. The molecule has 0 bridgehead atoms. The number of hydrogen-bond acceptors (Lipinski definition) is 3. The molecule has 2 aromatic rings. The summed E-state index contributed by atoms with van der Waals surface area (Å²) in [5, 5.41) is 0. The van der Waals surface area contributed by atoms with E-state index in [1.54, 1.807) is 7.11 Å². The molecule has 0 N–H and O–H groups in total. The van der Waals surface area contributed by atoms with E-state index >= 15 is 0 Å². The fourth-order valence-corrected chi connectivity index (χ4v) is 3.63. The highest BCUT2D eigenvalue weighted by Crippen LogP contribution is 2.30. The van der Waals surface area contributed by atoms with Crippen molar-refractivity contribution in [2.24, 2.45) is 5.92 Å². The molecule has 0 spiro atoms. The number of ether oxygens (including phenoxy) is 2. The Hall–Kier alpha value is -1.59. The number of nitrogens with zero attached hydrogens (tertiary/aromatic N) is 1. The van der Waals surface area contributed by atoms with Crippen molar-refractivity contribution in [2.45, 2.75) is 26.4 Å². The summed E-state index contributed by atoms with van der Waals surface area (Å²) in [6.45, 7) is 4.87. The molecule has 0 aliphatic carbocycles. The van der Waals surface area contributed by atoms with Gasteiger partial charge < -0.3 is 14.4 Å². The second-order valence-corrected chi connectivity index (χ2v) is 8.06. The summed E-state index contributed by atoms with van der Waals surface area (Å²) < 4.78 is 12.5. The fourth-order valence-electron chi connectivity index (χ4n) is 3.06. The predicted octanol–water partition coefficient (Wildman–Crippen LogP) is 5.44. The molecule has 1 heterocycles. The van der Waals surface area contributed by atoms with Gasteiger partial charge in [-0.2, -0.15) is 0 Å². The van der Waals surface area contributed by atoms with Gasteiger partial charge in [-0.3, -0.25) is 0 Å². The van der Waals surface area contributed by atoms with E-state index in [2.05, 4.69) is 27.8 Å². The first-order chi connectivity index (χ1) is 12.6. The van der Waals surface area contributed by atoms with E-state index in [1.807, 2.05) is 42.5 Å².